The van der Waals surface area contributed by atoms with Crippen molar-refractivity contribution in [3.63, 3.8) is 0 Å². The van der Waals surface area contributed by atoms with Crippen molar-refractivity contribution < 1.29 is 9.47 Å². The van der Waals surface area contributed by atoms with Crippen LogP contribution in [-0.2, 0) is 9.47 Å². The second-order valence-corrected chi connectivity index (χ2v) is 6.58. The Labute approximate surface area is 138 Å². The number of ether oxygens (including phenoxy) is 2. The average molecular weight is 309 g/mol. The summed E-state index contributed by atoms with van der Waals surface area (Å²) in [6, 6.07) is 0. The quantitative estimate of drug-likeness (QED) is 0.473. The molecule has 0 aromatic heterocycles. The molecular formula is C20H36O2. The van der Waals surface area contributed by atoms with Crippen LogP contribution in [0.1, 0.15) is 79.1 Å². The number of rotatable bonds is 10. The highest BCUT2D eigenvalue weighted by atomic mass is 16.6. The smallest absolute Gasteiger partial charge is 0.119 e. The molecule has 0 amide bonds. The van der Waals surface area contributed by atoms with Crippen molar-refractivity contribution in [2.24, 2.45) is 0 Å². The minimum atomic E-state index is -0.441. The molecule has 2 nitrogen and oxygen atoms in total. The van der Waals surface area contributed by atoms with Gasteiger partial charge < -0.3 is 9.47 Å². The van der Waals surface area contributed by atoms with E-state index in [0.29, 0.717) is 0 Å². The van der Waals surface area contributed by atoms with Gasteiger partial charge in [-0.15, -0.1) is 13.2 Å². The zero-order valence-corrected chi connectivity index (χ0v) is 15.2. The molecule has 1 saturated heterocycles. The van der Waals surface area contributed by atoms with E-state index in [2.05, 4.69) is 40.9 Å². The summed E-state index contributed by atoms with van der Waals surface area (Å²) in [7, 11) is 0. The van der Waals surface area contributed by atoms with Crippen molar-refractivity contribution in [1.82, 2.24) is 0 Å². The lowest BCUT2D eigenvalue weighted by molar-refractivity contribution is -0.290. The molecule has 0 radical (unpaired) electrons. The third kappa shape index (κ3) is 3.65. The van der Waals surface area contributed by atoms with Crippen LogP contribution in [0.5, 0.6) is 0 Å². The highest BCUT2D eigenvalue weighted by Gasteiger charge is 2.55. The Morgan fingerprint density at radius 3 is 1.32 bits per heavy atom. The summed E-state index contributed by atoms with van der Waals surface area (Å²) in [6.45, 7) is 17.0. The summed E-state index contributed by atoms with van der Waals surface area (Å²) >= 11 is 0. The summed E-state index contributed by atoms with van der Waals surface area (Å²) in [5.41, 5.74) is -0.882. The van der Waals surface area contributed by atoms with Crippen molar-refractivity contribution in [3.8, 4) is 0 Å². The number of hydrogen-bond acceptors (Lipinski definition) is 2. The Hall–Kier alpha value is -0.600. The second kappa shape index (κ2) is 8.88. The molecule has 0 saturated carbocycles. The SMILES string of the molecule is C=CC1(CCC)OC(CCC)C(CCC)OC1(C=C)CCC. The molecule has 0 aliphatic carbocycles. The highest BCUT2D eigenvalue weighted by molar-refractivity contribution is 5.21. The lowest BCUT2D eigenvalue weighted by Crippen LogP contribution is -2.64. The van der Waals surface area contributed by atoms with Crippen LogP contribution in [0.4, 0.5) is 0 Å². The van der Waals surface area contributed by atoms with Crippen LogP contribution in [0.3, 0.4) is 0 Å². The summed E-state index contributed by atoms with van der Waals surface area (Å²) in [5.74, 6) is 0. The van der Waals surface area contributed by atoms with Gasteiger partial charge in [-0.1, -0.05) is 65.5 Å². The fourth-order valence-corrected chi connectivity index (χ4v) is 3.88. The summed E-state index contributed by atoms with van der Waals surface area (Å²) in [4.78, 5) is 0. The maximum Gasteiger partial charge on any atom is 0.119 e. The van der Waals surface area contributed by atoms with Crippen LogP contribution in [0.15, 0.2) is 25.3 Å². The first-order valence-electron chi connectivity index (χ1n) is 9.21. The van der Waals surface area contributed by atoms with Gasteiger partial charge in [-0.25, -0.2) is 0 Å². The Balaban J connectivity index is 3.23. The molecule has 0 aromatic rings. The van der Waals surface area contributed by atoms with Crippen molar-refractivity contribution in [3.05, 3.63) is 25.3 Å². The van der Waals surface area contributed by atoms with Gasteiger partial charge in [0.1, 0.15) is 11.2 Å². The van der Waals surface area contributed by atoms with E-state index < -0.39 is 11.2 Å². The lowest BCUT2D eigenvalue weighted by atomic mass is 9.74. The lowest BCUT2D eigenvalue weighted by Gasteiger charge is -2.55. The Morgan fingerprint density at radius 2 is 1.09 bits per heavy atom. The Bertz CT molecular complexity index is 318. The minimum Gasteiger partial charge on any atom is -0.362 e. The largest absolute Gasteiger partial charge is 0.362 e. The Morgan fingerprint density at radius 1 is 0.727 bits per heavy atom. The van der Waals surface area contributed by atoms with Crippen LogP contribution in [0, 0.1) is 0 Å². The fraction of sp³-hybridized carbons (Fsp3) is 0.800. The van der Waals surface area contributed by atoms with Crippen molar-refractivity contribution in [2.75, 3.05) is 0 Å². The van der Waals surface area contributed by atoms with E-state index in [0.717, 1.165) is 51.4 Å². The average Bonchev–Trinajstić information content (AvgIpc) is 2.52. The van der Waals surface area contributed by atoms with Crippen LogP contribution in [-0.4, -0.2) is 23.4 Å². The molecule has 0 aromatic carbocycles. The molecule has 1 aliphatic heterocycles. The molecule has 1 aliphatic rings. The third-order valence-corrected chi connectivity index (χ3v) is 4.90. The van der Waals surface area contributed by atoms with Crippen molar-refractivity contribution in [1.29, 1.82) is 0 Å². The summed E-state index contributed by atoms with van der Waals surface area (Å²) in [6.07, 6.45) is 12.6. The van der Waals surface area contributed by atoms with E-state index in [4.69, 9.17) is 9.47 Å². The number of hydrogen-bond donors (Lipinski definition) is 0. The molecule has 128 valence electrons. The van der Waals surface area contributed by atoms with E-state index in [1.807, 2.05) is 12.2 Å². The maximum absolute atomic E-state index is 6.71. The van der Waals surface area contributed by atoms with Crippen molar-refractivity contribution >= 4 is 0 Å². The van der Waals surface area contributed by atoms with Gasteiger partial charge in [0.15, 0.2) is 0 Å². The van der Waals surface area contributed by atoms with E-state index in [-0.39, 0.29) is 12.2 Å². The molecule has 4 unspecified atom stereocenters. The zero-order chi connectivity index (χ0) is 16.6. The molecular weight excluding hydrogens is 272 g/mol. The molecule has 0 bridgehead atoms. The van der Waals surface area contributed by atoms with Crippen LogP contribution < -0.4 is 0 Å². The van der Waals surface area contributed by atoms with Gasteiger partial charge in [-0.3, -0.25) is 0 Å². The monoisotopic (exact) mass is 308 g/mol. The standard InChI is InChI=1S/C20H36O2/c1-7-13-17-18(14-8-2)22-20(12-6,16-10-4)19(11-5,21-17)15-9-3/h11-12,17-18H,5-10,13-16H2,1-4H3. The molecule has 4 atom stereocenters. The molecule has 1 heterocycles. The maximum atomic E-state index is 6.71. The first-order chi connectivity index (χ1) is 10.6. The van der Waals surface area contributed by atoms with Gasteiger partial charge in [-0.2, -0.15) is 0 Å². The van der Waals surface area contributed by atoms with E-state index >= 15 is 0 Å². The second-order valence-electron chi connectivity index (χ2n) is 6.58. The van der Waals surface area contributed by atoms with E-state index in [9.17, 15) is 0 Å². The molecule has 2 heteroatoms. The predicted octanol–water partition coefficient (Wildman–Crippen LogP) is 5.82. The van der Waals surface area contributed by atoms with Gasteiger partial charge in [0, 0.05) is 0 Å². The highest BCUT2D eigenvalue weighted by Crippen LogP contribution is 2.47. The zero-order valence-electron chi connectivity index (χ0n) is 15.2. The van der Waals surface area contributed by atoms with Crippen LogP contribution in [0.2, 0.25) is 0 Å². The van der Waals surface area contributed by atoms with E-state index in [1.54, 1.807) is 0 Å². The van der Waals surface area contributed by atoms with Gasteiger partial charge in [0.2, 0.25) is 0 Å². The third-order valence-electron chi connectivity index (χ3n) is 4.90. The van der Waals surface area contributed by atoms with Gasteiger partial charge in [-0.05, 0) is 25.7 Å². The molecule has 0 N–H and O–H groups in total. The first-order valence-corrected chi connectivity index (χ1v) is 9.21. The normalized spacial score (nSPS) is 35.3. The van der Waals surface area contributed by atoms with Crippen LogP contribution >= 0.6 is 0 Å². The summed E-state index contributed by atoms with van der Waals surface area (Å²) < 4.78 is 13.4. The van der Waals surface area contributed by atoms with Crippen LogP contribution in [0.25, 0.3) is 0 Å². The van der Waals surface area contributed by atoms with Gasteiger partial charge in [0.05, 0.1) is 12.2 Å². The molecule has 0 spiro atoms. The van der Waals surface area contributed by atoms with Gasteiger partial charge >= 0.3 is 0 Å². The van der Waals surface area contributed by atoms with Gasteiger partial charge in [0.25, 0.3) is 0 Å². The topological polar surface area (TPSA) is 18.5 Å². The molecule has 22 heavy (non-hydrogen) atoms. The minimum absolute atomic E-state index is 0.166. The molecule has 1 rings (SSSR count). The first kappa shape index (κ1) is 19.4. The molecule has 1 fully saturated rings. The Kier molecular flexibility index (Phi) is 7.85. The van der Waals surface area contributed by atoms with Crippen molar-refractivity contribution in [2.45, 2.75) is 102 Å². The van der Waals surface area contributed by atoms with E-state index in [1.165, 1.54) is 0 Å². The fourth-order valence-electron chi connectivity index (χ4n) is 3.88. The summed E-state index contributed by atoms with van der Waals surface area (Å²) in [5, 5.41) is 0. The predicted molar refractivity (Wildman–Crippen MR) is 95.2 cm³/mol.